The molecular formula is C23H33FN2O5S. The molecule has 4 rings (SSSR count). The van der Waals surface area contributed by atoms with Crippen molar-refractivity contribution in [3.8, 4) is 5.75 Å². The van der Waals surface area contributed by atoms with E-state index in [4.69, 9.17) is 9.47 Å². The largest absolute Gasteiger partial charge is 0.490 e. The van der Waals surface area contributed by atoms with Gasteiger partial charge in [0.25, 0.3) is 0 Å². The van der Waals surface area contributed by atoms with Crippen molar-refractivity contribution in [3.63, 3.8) is 0 Å². The van der Waals surface area contributed by atoms with E-state index in [2.05, 4.69) is 4.90 Å². The van der Waals surface area contributed by atoms with Crippen LogP contribution < -0.4 is 4.74 Å². The highest BCUT2D eigenvalue weighted by Crippen LogP contribution is 2.43. The average Bonchev–Trinajstić information content (AvgIpc) is 3.18. The SMILES string of the molecule is CC(C)(C)OC(=O)N1C[C@@H]2[C@@H](C1)N2C1CCC(COc2ccc(S(C)(=O)=O)cc2F)CC1. The summed E-state index contributed by atoms with van der Waals surface area (Å²) in [6, 6.07) is 5.22. The number of halogens is 1. The number of amides is 1. The molecule has 1 saturated carbocycles. The third-order valence-corrected chi connectivity index (χ3v) is 7.74. The maximum absolute atomic E-state index is 14.2. The number of sulfone groups is 1. The Labute approximate surface area is 189 Å². The van der Waals surface area contributed by atoms with E-state index in [-0.39, 0.29) is 16.7 Å². The molecule has 178 valence electrons. The Balaban J connectivity index is 1.20. The minimum absolute atomic E-state index is 0.0443. The van der Waals surface area contributed by atoms with Crippen LogP contribution in [0.1, 0.15) is 46.5 Å². The van der Waals surface area contributed by atoms with Gasteiger partial charge in [-0.3, -0.25) is 4.90 Å². The Kier molecular flexibility index (Phi) is 6.17. The summed E-state index contributed by atoms with van der Waals surface area (Å²) in [5, 5.41) is 0. The molecule has 1 amide bonds. The molecule has 1 aromatic carbocycles. The number of carbonyl (C=O) groups is 1. The Morgan fingerprint density at radius 3 is 2.28 bits per heavy atom. The summed E-state index contributed by atoms with van der Waals surface area (Å²) in [7, 11) is -3.44. The number of hydrogen-bond donors (Lipinski definition) is 0. The van der Waals surface area contributed by atoms with E-state index in [0.717, 1.165) is 51.1 Å². The number of hydrogen-bond acceptors (Lipinski definition) is 6. The van der Waals surface area contributed by atoms with Gasteiger partial charge in [-0.05, 0) is 70.6 Å². The zero-order valence-corrected chi connectivity index (χ0v) is 20.0. The highest BCUT2D eigenvalue weighted by Gasteiger charge is 2.57. The van der Waals surface area contributed by atoms with E-state index >= 15 is 0 Å². The van der Waals surface area contributed by atoms with Crippen LogP contribution in [0.5, 0.6) is 5.75 Å². The standard InChI is InChI=1S/C23H33FN2O5S/c1-23(2,3)31-22(27)25-12-19-20(13-25)26(19)16-7-5-15(6-8-16)14-30-21-10-9-17(11-18(21)24)32(4,28)29/h9-11,15-16,19-20H,5-8,12-14H2,1-4H3/t15?,16?,19-,20-/m1/s1. The molecule has 1 aliphatic carbocycles. The van der Waals surface area contributed by atoms with Crippen molar-refractivity contribution in [2.45, 2.75) is 75.1 Å². The van der Waals surface area contributed by atoms with E-state index in [1.165, 1.54) is 12.1 Å². The third kappa shape index (κ3) is 5.20. The lowest BCUT2D eigenvalue weighted by atomic mass is 9.86. The highest BCUT2D eigenvalue weighted by molar-refractivity contribution is 7.90. The summed E-state index contributed by atoms with van der Waals surface area (Å²) in [4.78, 5) is 16.6. The van der Waals surface area contributed by atoms with E-state index in [1.807, 2.05) is 25.7 Å². The van der Waals surface area contributed by atoms with Gasteiger partial charge in [-0.2, -0.15) is 0 Å². The molecule has 3 aliphatic rings. The number of ether oxygens (including phenoxy) is 2. The van der Waals surface area contributed by atoms with Crippen LogP contribution in [-0.4, -0.2) is 74.0 Å². The van der Waals surface area contributed by atoms with Crippen molar-refractivity contribution in [2.24, 2.45) is 5.92 Å². The van der Waals surface area contributed by atoms with Crippen LogP contribution >= 0.6 is 0 Å². The van der Waals surface area contributed by atoms with Gasteiger partial charge in [0.2, 0.25) is 0 Å². The molecule has 1 aromatic rings. The number of rotatable bonds is 5. The normalized spacial score (nSPS) is 30.0. The summed E-state index contributed by atoms with van der Waals surface area (Å²) in [6.45, 7) is 7.57. The fourth-order valence-corrected chi connectivity index (χ4v) is 5.61. The Hall–Kier alpha value is -1.87. The number of likely N-dealkylation sites (tertiary alicyclic amines) is 1. The number of nitrogens with zero attached hydrogens (tertiary/aromatic N) is 2. The van der Waals surface area contributed by atoms with Gasteiger partial charge < -0.3 is 14.4 Å². The molecular weight excluding hydrogens is 435 g/mol. The second kappa shape index (κ2) is 8.48. The van der Waals surface area contributed by atoms with Gasteiger partial charge in [-0.15, -0.1) is 0 Å². The Bertz CT molecular complexity index is 957. The molecule has 2 atom stereocenters. The lowest BCUT2D eigenvalue weighted by Gasteiger charge is -2.32. The zero-order valence-electron chi connectivity index (χ0n) is 19.2. The number of carbonyl (C=O) groups excluding carboxylic acids is 1. The first-order chi connectivity index (χ1) is 14.9. The number of fused-ring (bicyclic) bond motifs is 1. The molecule has 2 aliphatic heterocycles. The first kappa shape index (κ1) is 23.3. The van der Waals surface area contributed by atoms with Crippen molar-refractivity contribution in [1.82, 2.24) is 9.80 Å². The van der Waals surface area contributed by atoms with Gasteiger partial charge >= 0.3 is 6.09 Å². The zero-order chi connectivity index (χ0) is 23.3. The van der Waals surface area contributed by atoms with Crippen molar-refractivity contribution in [3.05, 3.63) is 24.0 Å². The van der Waals surface area contributed by atoms with Crippen molar-refractivity contribution < 1.29 is 27.1 Å². The quantitative estimate of drug-likeness (QED) is 0.616. The second-order valence-electron chi connectivity index (χ2n) is 10.3. The lowest BCUT2D eigenvalue weighted by Crippen LogP contribution is -2.41. The summed E-state index contributed by atoms with van der Waals surface area (Å²) in [6.07, 6.45) is 5.01. The molecule has 0 unspecified atom stereocenters. The maximum Gasteiger partial charge on any atom is 0.410 e. The first-order valence-electron chi connectivity index (χ1n) is 11.3. The monoisotopic (exact) mass is 468 g/mol. The predicted molar refractivity (Wildman–Crippen MR) is 118 cm³/mol. The average molecular weight is 469 g/mol. The van der Waals surface area contributed by atoms with Gasteiger partial charge in [0, 0.05) is 37.5 Å². The van der Waals surface area contributed by atoms with Gasteiger partial charge in [-0.1, -0.05) is 0 Å². The van der Waals surface area contributed by atoms with Crippen LogP contribution in [-0.2, 0) is 14.6 Å². The second-order valence-corrected chi connectivity index (χ2v) is 12.3. The van der Waals surface area contributed by atoms with Crippen LogP contribution in [0.15, 0.2) is 23.1 Å². The highest BCUT2D eigenvalue weighted by atomic mass is 32.2. The smallest absolute Gasteiger partial charge is 0.410 e. The van der Waals surface area contributed by atoms with Crippen molar-refractivity contribution in [1.29, 1.82) is 0 Å². The van der Waals surface area contributed by atoms with Crippen LogP contribution in [0, 0.1) is 11.7 Å². The number of piperazine rings is 1. The first-order valence-corrected chi connectivity index (χ1v) is 13.2. The molecule has 9 heteroatoms. The summed E-state index contributed by atoms with van der Waals surface area (Å²) in [5.74, 6) is -0.186. The molecule has 7 nitrogen and oxygen atoms in total. The molecule has 2 heterocycles. The lowest BCUT2D eigenvalue weighted by molar-refractivity contribution is 0.0244. The van der Waals surface area contributed by atoms with Crippen LogP contribution in [0.2, 0.25) is 0 Å². The van der Waals surface area contributed by atoms with Gasteiger partial charge in [0.15, 0.2) is 21.4 Å². The molecule has 0 radical (unpaired) electrons. The van der Waals surface area contributed by atoms with Gasteiger partial charge in [-0.25, -0.2) is 17.6 Å². The molecule has 0 bridgehead atoms. The van der Waals surface area contributed by atoms with E-state index in [9.17, 15) is 17.6 Å². The van der Waals surface area contributed by atoms with E-state index < -0.39 is 21.3 Å². The molecule has 3 fully saturated rings. The molecule has 2 saturated heterocycles. The fourth-order valence-electron chi connectivity index (χ4n) is 4.98. The summed E-state index contributed by atoms with van der Waals surface area (Å²) >= 11 is 0. The predicted octanol–water partition coefficient (Wildman–Crippen LogP) is 3.47. The molecule has 0 N–H and O–H groups in total. The summed E-state index contributed by atoms with van der Waals surface area (Å²) < 4.78 is 48.4. The van der Waals surface area contributed by atoms with Crippen molar-refractivity contribution in [2.75, 3.05) is 26.0 Å². The fraction of sp³-hybridized carbons (Fsp3) is 0.696. The summed E-state index contributed by atoms with van der Waals surface area (Å²) in [5.41, 5.74) is -0.470. The Morgan fingerprint density at radius 2 is 1.75 bits per heavy atom. The van der Waals surface area contributed by atoms with Crippen LogP contribution in [0.25, 0.3) is 0 Å². The van der Waals surface area contributed by atoms with Crippen molar-refractivity contribution >= 4 is 15.9 Å². The molecule has 0 spiro atoms. The van der Waals surface area contributed by atoms with Gasteiger partial charge in [0.05, 0.1) is 11.5 Å². The molecule has 0 aromatic heterocycles. The Morgan fingerprint density at radius 1 is 1.12 bits per heavy atom. The van der Waals surface area contributed by atoms with Gasteiger partial charge in [0.1, 0.15) is 5.60 Å². The molecule has 32 heavy (non-hydrogen) atoms. The third-order valence-electron chi connectivity index (χ3n) is 6.63. The van der Waals surface area contributed by atoms with Crippen LogP contribution in [0.3, 0.4) is 0 Å². The maximum atomic E-state index is 14.2. The van der Waals surface area contributed by atoms with E-state index in [1.54, 1.807) is 0 Å². The minimum atomic E-state index is -3.44. The van der Waals surface area contributed by atoms with Crippen LogP contribution in [0.4, 0.5) is 9.18 Å². The topological polar surface area (TPSA) is 75.9 Å². The number of benzene rings is 1. The van der Waals surface area contributed by atoms with E-state index in [0.29, 0.717) is 30.7 Å². The minimum Gasteiger partial charge on any atom is -0.490 e.